The fourth-order valence-corrected chi connectivity index (χ4v) is 4.55. The SMILES string of the molecule is Cc1nc(NCC(=O)N2CCN(C(=O)c3ccco3)CC2)c2c(C)c(C)sc2n1. The molecule has 3 aromatic heterocycles. The highest BCUT2D eigenvalue weighted by atomic mass is 32.1. The zero-order valence-electron chi connectivity index (χ0n) is 16.7. The van der Waals surface area contributed by atoms with E-state index < -0.39 is 0 Å². The Morgan fingerprint density at radius 3 is 2.55 bits per heavy atom. The third kappa shape index (κ3) is 3.82. The van der Waals surface area contributed by atoms with Crippen LogP contribution in [0.15, 0.2) is 22.8 Å². The van der Waals surface area contributed by atoms with Gasteiger partial charge in [0.05, 0.1) is 18.2 Å². The van der Waals surface area contributed by atoms with Crippen molar-refractivity contribution in [1.82, 2.24) is 19.8 Å². The Morgan fingerprint density at radius 2 is 1.86 bits per heavy atom. The van der Waals surface area contributed by atoms with E-state index in [1.807, 2.05) is 6.92 Å². The zero-order chi connectivity index (χ0) is 20.5. The lowest BCUT2D eigenvalue weighted by molar-refractivity contribution is -0.130. The third-order valence-electron chi connectivity index (χ3n) is 5.20. The summed E-state index contributed by atoms with van der Waals surface area (Å²) >= 11 is 1.64. The molecule has 0 radical (unpaired) electrons. The number of aryl methyl sites for hydroxylation is 3. The quantitative estimate of drug-likeness (QED) is 0.707. The van der Waals surface area contributed by atoms with Gasteiger partial charge in [-0.15, -0.1) is 11.3 Å². The number of nitrogens with one attached hydrogen (secondary N) is 1. The number of carbonyl (C=O) groups excluding carboxylic acids is 2. The standard InChI is InChI=1S/C20H23N5O3S/c1-12-13(2)29-19-17(12)18(22-14(3)23-19)21-11-16(26)24-6-8-25(9-7-24)20(27)15-5-4-10-28-15/h4-5,10H,6-9,11H2,1-3H3,(H,21,22,23). The molecule has 1 saturated heterocycles. The van der Waals surface area contributed by atoms with Crippen LogP contribution in [0.5, 0.6) is 0 Å². The summed E-state index contributed by atoms with van der Waals surface area (Å²) in [5.74, 6) is 1.57. The van der Waals surface area contributed by atoms with Crippen molar-refractivity contribution in [2.45, 2.75) is 20.8 Å². The Bertz CT molecular complexity index is 1050. The highest BCUT2D eigenvalue weighted by molar-refractivity contribution is 7.18. The second-order valence-electron chi connectivity index (χ2n) is 7.09. The van der Waals surface area contributed by atoms with E-state index in [2.05, 4.69) is 29.1 Å². The predicted octanol–water partition coefficient (Wildman–Crippen LogP) is 2.61. The molecule has 0 atom stereocenters. The number of hydrogen-bond acceptors (Lipinski definition) is 7. The van der Waals surface area contributed by atoms with Crippen LogP contribution in [0.3, 0.4) is 0 Å². The molecule has 3 aromatic rings. The van der Waals surface area contributed by atoms with Crippen molar-refractivity contribution in [1.29, 1.82) is 0 Å². The first-order chi connectivity index (χ1) is 13.9. The molecule has 1 aliphatic heterocycles. The molecule has 0 spiro atoms. The van der Waals surface area contributed by atoms with Gasteiger partial charge in [-0.05, 0) is 38.5 Å². The average Bonchev–Trinajstić information content (AvgIpc) is 3.34. The number of carbonyl (C=O) groups is 2. The number of anilines is 1. The molecule has 4 rings (SSSR count). The maximum atomic E-state index is 12.7. The predicted molar refractivity (Wildman–Crippen MR) is 111 cm³/mol. The lowest BCUT2D eigenvalue weighted by atomic mass is 10.2. The highest BCUT2D eigenvalue weighted by Gasteiger charge is 2.26. The van der Waals surface area contributed by atoms with E-state index >= 15 is 0 Å². The number of aromatic nitrogens is 2. The third-order valence-corrected chi connectivity index (χ3v) is 6.30. The number of furan rings is 1. The summed E-state index contributed by atoms with van der Waals surface area (Å²) in [7, 11) is 0. The lowest BCUT2D eigenvalue weighted by Gasteiger charge is -2.34. The molecule has 4 heterocycles. The van der Waals surface area contributed by atoms with E-state index in [-0.39, 0.29) is 18.4 Å². The number of hydrogen-bond donors (Lipinski definition) is 1. The average molecular weight is 414 g/mol. The fourth-order valence-electron chi connectivity index (χ4n) is 3.47. The summed E-state index contributed by atoms with van der Waals surface area (Å²) < 4.78 is 5.17. The van der Waals surface area contributed by atoms with Crippen molar-refractivity contribution in [3.8, 4) is 0 Å². The molecule has 1 N–H and O–H groups in total. The van der Waals surface area contributed by atoms with Gasteiger partial charge >= 0.3 is 0 Å². The Morgan fingerprint density at radius 1 is 1.14 bits per heavy atom. The van der Waals surface area contributed by atoms with Gasteiger partial charge in [-0.2, -0.15) is 0 Å². The molecule has 1 fully saturated rings. The number of fused-ring (bicyclic) bond motifs is 1. The molecule has 0 bridgehead atoms. The van der Waals surface area contributed by atoms with Crippen molar-refractivity contribution >= 4 is 39.2 Å². The summed E-state index contributed by atoms with van der Waals surface area (Å²) in [6.45, 7) is 8.11. The van der Waals surface area contributed by atoms with Gasteiger partial charge in [0.15, 0.2) is 5.76 Å². The first kappa shape index (κ1) is 19.4. The van der Waals surface area contributed by atoms with E-state index in [1.54, 1.807) is 33.3 Å². The van der Waals surface area contributed by atoms with Gasteiger partial charge in [0.1, 0.15) is 16.5 Å². The number of thiophene rings is 1. The number of piperazine rings is 1. The molecule has 0 unspecified atom stereocenters. The van der Waals surface area contributed by atoms with Gasteiger partial charge < -0.3 is 19.5 Å². The normalized spacial score (nSPS) is 14.4. The van der Waals surface area contributed by atoms with Crippen LogP contribution in [0.4, 0.5) is 5.82 Å². The van der Waals surface area contributed by atoms with Gasteiger partial charge in [-0.3, -0.25) is 9.59 Å². The first-order valence-corrected chi connectivity index (χ1v) is 10.3. The summed E-state index contributed by atoms with van der Waals surface area (Å²) in [6, 6.07) is 3.35. The van der Waals surface area contributed by atoms with E-state index in [9.17, 15) is 9.59 Å². The van der Waals surface area contributed by atoms with Crippen LogP contribution < -0.4 is 5.32 Å². The summed E-state index contributed by atoms with van der Waals surface area (Å²) in [5, 5.41) is 4.19. The minimum atomic E-state index is -0.137. The van der Waals surface area contributed by atoms with Crippen molar-refractivity contribution in [3.05, 3.63) is 40.4 Å². The number of nitrogens with zero attached hydrogens (tertiary/aromatic N) is 4. The van der Waals surface area contributed by atoms with Crippen LogP contribution in [-0.2, 0) is 4.79 Å². The molecule has 0 aromatic carbocycles. The molecule has 0 saturated carbocycles. The first-order valence-electron chi connectivity index (χ1n) is 9.53. The minimum Gasteiger partial charge on any atom is -0.459 e. The minimum absolute atomic E-state index is 0.0101. The molecular weight excluding hydrogens is 390 g/mol. The topological polar surface area (TPSA) is 91.6 Å². The molecule has 0 aliphatic carbocycles. The molecule has 152 valence electrons. The maximum absolute atomic E-state index is 12.7. The molecule has 1 aliphatic rings. The summed E-state index contributed by atoms with van der Waals surface area (Å²) in [4.78, 5) is 39.7. The van der Waals surface area contributed by atoms with Crippen LogP contribution in [0.25, 0.3) is 10.2 Å². The van der Waals surface area contributed by atoms with Crippen LogP contribution in [0, 0.1) is 20.8 Å². The summed E-state index contributed by atoms with van der Waals surface area (Å²) in [6.07, 6.45) is 1.49. The van der Waals surface area contributed by atoms with Crippen molar-refractivity contribution in [2.24, 2.45) is 0 Å². The summed E-state index contributed by atoms with van der Waals surface area (Å²) in [5.41, 5.74) is 1.14. The molecule has 9 heteroatoms. The fraction of sp³-hybridized carbons (Fsp3) is 0.400. The second-order valence-corrected chi connectivity index (χ2v) is 8.29. The Labute approximate surface area is 172 Å². The number of amides is 2. The highest BCUT2D eigenvalue weighted by Crippen LogP contribution is 2.33. The van der Waals surface area contributed by atoms with Gasteiger partial charge in [0.25, 0.3) is 5.91 Å². The molecule has 8 nitrogen and oxygen atoms in total. The Balaban J connectivity index is 1.38. The zero-order valence-corrected chi connectivity index (χ0v) is 17.5. The van der Waals surface area contributed by atoms with Crippen LogP contribution in [0.2, 0.25) is 0 Å². The van der Waals surface area contributed by atoms with Crippen LogP contribution in [0.1, 0.15) is 26.8 Å². The number of rotatable bonds is 4. The maximum Gasteiger partial charge on any atom is 0.289 e. The van der Waals surface area contributed by atoms with E-state index in [1.165, 1.54) is 11.1 Å². The molecule has 29 heavy (non-hydrogen) atoms. The van der Waals surface area contributed by atoms with Gasteiger partial charge in [0.2, 0.25) is 5.91 Å². The lowest BCUT2D eigenvalue weighted by Crippen LogP contribution is -2.51. The smallest absolute Gasteiger partial charge is 0.289 e. The van der Waals surface area contributed by atoms with E-state index in [0.29, 0.717) is 43.6 Å². The second kappa shape index (κ2) is 7.82. The van der Waals surface area contributed by atoms with E-state index in [0.717, 1.165) is 15.8 Å². The Kier molecular flexibility index (Phi) is 5.23. The molecule has 2 amide bonds. The Hall–Kier alpha value is -2.94. The van der Waals surface area contributed by atoms with Crippen molar-refractivity contribution < 1.29 is 14.0 Å². The van der Waals surface area contributed by atoms with Gasteiger partial charge in [-0.1, -0.05) is 0 Å². The van der Waals surface area contributed by atoms with Crippen molar-refractivity contribution in [2.75, 3.05) is 38.0 Å². The molecular formula is C20H23N5O3S. The van der Waals surface area contributed by atoms with Crippen LogP contribution >= 0.6 is 11.3 Å². The monoisotopic (exact) mass is 413 g/mol. The van der Waals surface area contributed by atoms with Gasteiger partial charge in [-0.25, -0.2) is 9.97 Å². The van der Waals surface area contributed by atoms with E-state index in [4.69, 9.17) is 4.42 Å². The van der Waals surface area contributed by atoms with Crippen molar-refractivity contribution in [3.63, 3.8) is 0 Å². The van der Waals surface area contributed by atoms with Gasteiger partial charge in [0, 0.05) is 31.1 Å². The van der Waals surface area contributed by atoms with Crippen LogP contribution in [-0.4, -0.2) is 64.3 Å². The largest absolute Gasteiger partial charge is 0.459 e.